The average Bonchev–Trinajstić information content (AvgIpc) is 2.48. The van der Waals surface area contributed by atoms with E-state index >= 15 is 0 Å². The molecule has 0 saturated heterocycles. The van der Waals surface area contributed by atoms with E-state index in [0.717, 1.165) is 5.56 Å². The van der Waals surface area contributed by atoms with E-state index < -0.39 is 0 Å². The molecule has 98 valence electrons. The second-order valence-electron chi connectivity index (χ2n) is 5.26. The van der Waals surface area contributed by atoms with Gasteiger partial charge in [0.15, 0.2) is 0 Å². The van der Waals surface area contributed by atoms with Gasteiger partial charge in [-0.3, -0.25) is 0 Å². The van der Waals surface area contributed by atoms with E-state index in [1.807, 2.05) is 18.2 Å². The van der Waals surface area contributed by atoms with Crippen molar-refractivity contribution in [2.24, 2.45) is 5.73 Å². The van der Waals surface area contributed by atoms with E-state index in [2.05, 4.69) is 43.3 Å². The monoisotopic (exact) mass is 260 g/mol. The molecule has 0 bridgehead atoms. The molecule has 2 N–H and O–H groups in total. The number of rotatable bonds is 1. The Morgan fingerprint density at radius 1 is 1.15 bits per heavy atom. The number of allylic oxidation sites excluding steroid dienone is 1. The summed E-state index contributed by atoms with van der Waals surface area (Å²) in [7, 11) is 0. The van der Waals surface area contributed by atoms with Crippen LogP contribution in [0.15, 0.2) is 54.1 Å². The van der Waals surface area contributed by atoms with Crippen molar-refractivity contribution in [3.05, 3.63) is 76.4 Å². The molecule has 0 aromatic heterocycles. The lowest BCUT2D eigenvalue weighted by atomic mass is 9.78. The van der Waals surface area contributed by atoms with Crippen LogP contribution in [-0.4, -0.2) is 0 Å². The predicted octanol–water partition coefficient (Wildman–Crippen LogP) is 3.72. The standard InChI is InChI=1S/C18H16N2/c1-12-5-4-6-13(9-12)17-10-14(11-19)18(20)16-8-3-2-7-15(16)17/h2-9,17H,10,20H2,1H3. The smallest absolute Gasteiger partial charge is 0.0969 e. The maximum Gasteiger partial charge on any atom is 0.0969 e. The lowest BCUT2D eigenvalue weighted by Crippen LogP contribution is -2.15. The normalized spacial score (nSPS) is 17.5. The summed E-state index contributed by atoms with van der Waals surface area (Å²) in [6.07, 6.45) is 0.683. The van der Waals surface area contributed by atoms with E-state index in [0.29, 0.717) is 17.7 Å². The number of fused-ring (bicyclic) bond motifs is 1. The molecule has 0 heterocycles. The number of benzene rings is 2. The molecule has 0 saturated carbocycles. The van der Waals surface area contributed by atoms with Crippen molar-refractivity contribution >= 4 is 5.70 Å². The van der Waals surface area contributed by atoms with Gasteiger partial charge in [0.05, 0.1) is 17.3 Å². The molecular weight excluding hydrogens is 244 g/mol. The van der Waals surface area contributed by atoms with Crippen molar-refractivity contribution in [2.75, 3.05) is 0 Å². The van der Waals surface area contributed by atoms with Gasteiger partial charge in [0.1, 0.15) is 0 Å². The largest absolute Gasteiger partial charge is 0.397 e. The summed E-state index contributed by atoms with van der Waals surface area (Å²) in [6, 6.07) is 18.9. The van der Waals surface area contributed by atoms with Crippen LogP contribution >= 0.6 is 0 Å². The summed E-state index contributed by atoms with van der Waals surface area (Å²) in [4.78, 5) is 0. The molecule has 20 heavy (non-hydrogen) atoms. The Kier molecular flexibility index (Phi) is 3.04. The molecule has 1 aliphatic carbocycles. The molecule has 0 radical (unpaired) electrons. The first-order valence-corrected chi connectivity index (χ1v) is 6.75. The molecule has 2 aromatic carbocycles. The number of aryl methyl sites for hydroxylation is 1. The predicted molar refractivity (Wildman–Crippen MR) is 80.8 cm³/mol. The Balaban J connectivity index is 2.18. The van der Waals surface area contributed by atoms with Gasteiger partial charge in [-0.05, 0) is 24.5 Å². The lowest BCUT2D eigenvalue weighted by Gasteiger charge is -2.26. The van der Waals surface area contributed by atoms with Crippen LogP contribution in [0, 0.1) is 18.3 Å². The number of nitrogens with two attached hydrogens (primary N) is 1. The minimum Gasteiger partial charge on any atom is -0.397 e. The average molecular weight is 260 g/mol. The molecule has 1 unspecified atom stereocenters. The van der Waals surface area contributed by atoms with Gasteiger partial charge in [-0.15, -0.1) is 0 Å². The van der Waals surface area contributed by atoms with Crippen molar-refractivity contribution in [3.8, 4) is 6.07 Å². The van der Waals surface area contributed by atoms with Crippen LogP contribution in [-0.2, 0) is 0 Å². The highest BCUT2D eigenvalue weighted by atomic mass is 14.6. The highest BCUT2D eigenvalue weighted by molar-refractivity contribution is 5.75. The Bertz CT molecular complexity index is 735. The fourth-order valence-corrected chi connectivity index (χ4v) is 2.92. The van der Waals surface area contributed by atoms with Crippen molar-refractivity contribution in [1.82, 2.24) is 0 Å². The maximum atomic E-state index is 9.32. The van der Waals surface area contributed by atoms with Gasteiger partial charge in [-0.2, -0.15) is 5.26 Å². The fraction of sp³-hybridized carbons (Fsp3) is 0.167. The molecule has 2 nitrogen and oxygen atoms in total. The van der Waals surface area contributed by atoms with Crippen LogP contribution < -0.4 is 5.73 Å². The van der Waals surface area contributed by atoms with Crippen LogP contribution in [0.25, 0.3) is 5.70 Å². The van der Waals surface area contributed by atoms with Crippen molar-refractivity contribution in [2.45, 2.75) is 19.3 Å². The van der Waals surface area contributed by atoms with E-state index in [1.165, 1.54) is 16.7 Å². The number of hydrogen-bond donors (Lipinski definition) is 1. The molecule has 2 aromatic rings. The van der Waals surface area contributed by atoms with Crippen LogP contribution in [0.3, 0.4) is 0 Å². The van der Waals surface area contributed by atoms with Crippen LogP contribution in [0.2, 0.25) is 0 Å². The first-order valence-electron chi connectivity index (χ1n) is 6.75. The molecule has 3 rings (SSSR count). The van der Waals surface area contributed by atoms with E-state index in [9.17, 15) is 5.26 Å². The maximum absolute atomic E-state index is 9.32. The van der Waals surface area contributed by atoms with Gasteiger partial charge in [0.2, 0.25) is 0 Å². The molecule has 0 amide bonds. The Hall–Kier alpha value is -2.53. The summed E-state index contributed by atoms with van der Waals surface area (Å²) in [5, 5.41) is 9.32. The fourth-order valence-electron chi connectivity index (χ4n) is 2.92. The number of hydrogen-bond acceptors (Lipinski definition) is 2. The second-order valence-corrected chi connectivity index (χ2v) is 5.26. The molecule has 0 spiro atoms. The summed E-state index contributed by atoms with van der Waals surface area (Å²) in [6.45, 7) is 2.09. The van der Waals surface area contributed by atoms with Crippen LogP contribution in [0.1, 0.15) is 34.6 Å². The van der Waals surface area contributed by atoms with E-state index in [1.54, 1.807) is 0 Å². The minimum atomic E-state index is 0.216. The van der Waals surface area contributed by atoms with Gasteiger partial charge in [-0.25, -0.2) is 0 Å². The van der Waals surface area contributed by atoms with Gasteiger partial charge >= 0.3 is 0 Å². The zero-order chi connectivity index (χ0) is 14.1. The van der Waals surface area contributed by atoms with Gasteiger partial charge < -0.3 is 5.73 Å². The summed E-state index contributed by atoms with van der Waals surface area (Å²) < 4.78 is 0. The third kappa shape index (κ3) is 1.98. The van der Waals surface area contributed by atoms with Crippen LogP contribution in [0.5, 0.6) is 0 Å². The summed E-state index contributed by atoms with van der Waals surface area (Å²) in [5.74, 6) is 0.216. The number of nitriles is 1. The second kappa shape index (κ2) is 4.86. The van der Waals surface area contributed by atoms with Crippen molar-refractivity contribution in [1.29, 1.82) is 5.26 Å². The zero-order valence-electron chi connectivity index (χ0n) is 11.4. The van der Waals surface area contributed by atoms with E-state index in [4.69, 9.17) is 5.73 Å². The highest BCUT2D eigenvalue weighted by Gasteiger charge is 2.26. The molecule has 2 heteroatoms. The van der Waals surface area contributed by atoms with Gasteiger partial charge in [0.25, 0.3) is 0 Å². The number of nitrogens with zero attached hydrogens (tertiary/aromatic N) is 1. The Labute approximate surface area is 119 Å². The first kappa shape index (κ1) is 12.5. The Morgan fingerprint density at radius 3 is 2.70 bits per heavy atom. The third-order valence-electron chi connectivity index (χ3n) is 3.94. The van der Waals surface area contributed by atoms with E-state index in [-0.39, 0.29) is 5.92 Å². The summed E-state index contributed by atoms with van der Waals surface area (Å²) >= 11 is 0. The van der Waals surface area contributed by atoms with Gasteiger partial charge in [-0.1, -0.05) is 54.1 Å². The van der Waals surface area contributed by atoms with Gasteiger partial charge in [0, 0.05) is 11.5 Å². The highest BCUT2D eigenvalue weighted by Crippen LogP contribution is 2.40. The van der Waals surface area contributed by atoms with Crippen LogP contribution in [0.4, 0.5) is 0 Å². The van der Waals surface area contributed by atoms with Crippen molar-refractivity contribution < 1.29 is 0 Å². The molecule has 1 aliphatic rings. The molecule has 0 fully saturated rings. The quantitative estimate of drug-likeness (QED) is 0.849. The topological polar surface area (TPSA) is 49.8 Å². The molecule has 1 atom stereocenters. The first-order chi connectivity index (χ1) is 9.70. The minimum absolute atomic E-state index is 0.216. The zero-order valence-corrected chi connectivity index (χ0v) is 11.4. The Morgan fingerprint density at radius 2 is 1.95 bits per heavy atom. The molecular formula is C18H16N2. The summed E-state index contributed by atoms with van der Waals surface area (Å²) in [5.41, 5.74) is 12.2. The third-order valence-corrected chi connectivity index (χ3v) is 3.94. The SMILES string of the molecule is Cc1cccc(C2CC(C#N)=C(N)c3ccccc32)c1. The lowest BCUT2D eigenvalue weighted by molar-refractivity contribution is 0.792. The van der Waals surface area contributed by atoms with Crippen molar-refractivity contribution in [3.63, 3.8) is 0 Å². The molecule has 0 aliphatic heterocycles.